The SMILES string of the molecule is CC(C)(C)OC(=O)n1ccc2c(-c3ccccn3)ccnc21. The van der Waals surface area contributed by atoms with Crippen LogP contribution in [0.2, 0.25) is 0 Å². The minimum Gasteiger partial charge on any atom is -0.443 e. The smallest absolute Gasteiger partial charge is 0.420 e. The van der Waals surface area contributed by atoms with E-state index in [0.29, 0.717) is 5.65 Å². The Hall–Kier alpha value is -2.69. The molecule has 0 aromatic carbocycles. The van der Waals surface area contributed by atoms with Gasteiger partial charge in [-0.15, -0.1) is 0 Å². The van der Waals surface area contributed by atoms with Gasteiger partial charge in [-0.05, 0) is 45.0 Å². The molecule has 22 heavy (non-hydrogen) atoms. The van der Waals surface area contributed by atoms with Crippen LogP contribution in [-0.4, -0.2) is 26.2 Å². The molecule has 3 heterocycles. The second-order valence-corrected chi connectivity index (χ2v) is 5.98. The number of fused-ring (bicyclic) bond motifs is 1. The van der Waals surface area contributed by atoms with E-state index in [-0.39, 0.29) is 0 Å². The highest BCUT2D eigenvalue weighted by molar-refractivity contribution is 5.96. The van der Waals surface area contributed by atoms with Crippen LogP contribution in [0.25, 0.3) is 22.3 Å². The molecule has 112 valence electrons. The minimum absolute atomic E-state index is 0.437. The predicted octanol–water partition coefficient (Wildman–Crippen LogP) is 3.88. The van der Waals surface area contributed by atoms with Crippen molar-refractivity contribution in [2.24, 2.45) is 0 Å². The van der Waals surface area contributed by atoms with Crippen molar-refractivity contribution in [3.63, 3.8) is 0 Å². The summed E-state index contributed by atoms with van der Waals surface area (Å²) in [7, 11) is 0. The van der Waals surface area contributed by atoms with Crippen molar-refractivity contribution in [3.8, 4) is 11.3 Å². The van der Waals surface area contributed by atoms with Crippen LogP contribution >= 0.6 is 0 Å². The molecule has 3 aromatic heterocycles. The van der Waals surface area contributed by atoms with E-state index in [4.69, 9.17) is 4.74 Å². The second kappa shape index (κ2) is 5.26. The topological polar surface area (TPSA) is 57.0 Å². The summed E-state index contributed by atoms with van der Waals surface area (Å²) in [5, 5.41) is 0.868. The molecule has 0 atom stereocenters. The fraction of sp³-hybridized carbons (Fsp3) is 0.235. The van der Waals surface area contributed by atoms with Crippen LogP contribution in [0.15, 0.2) is 48.9 Å². The van der Waals surface area contributed by atoms with Crippen molar-refractivity contribution in [2.45, 2.75) is 26.4 Å². The lowest BCUT2D eigenvalue weighted by molar-refractivity contribution is 0.0543. The summed E-state index contributed by atoms with van der Waals surface area (Å²) in [5.74, 6) is 0. The number of pyridine rings is 2. The molecule has 0 unspecified atom stereocenters. The average Bonchev–Trinajstić information content (AvgIpc) is 2.90. The number of carbonyl (C=O) groups is 1. The monoisotopic (exact) mass is 295 g/mol. The average molecular weight is 295 g/mol. The van der Waals surface area contributed by atoms with Crippen LogP contribution in [0.1, 0.15) is 20.8 Å². The molecule has 0 saturated heterocycles. The maximum Gasteiger partial charge on any atom is 0.420 e. The third-order valence-electron chi connectivity index (χ3n) is 3.12. The van der Waals surface area contributed by atoms with Gasteiger partial charge in [0.2, 0.25) is 0 Å². The maximum absolute atomic E-state index is 12.3. The molecule has 0 radical (unpaired) electrons. The number of hydrogen-bond acceptors (Lipinski definition) is 4. The Balaban J connectivity index is 2.08. The summed E-state index contributed by atoms with van der Waals surface area (Å²) in [6.45, 7) is 5.51. The van der Waals surface area contributed by atoms with Crippen molar-refractivity contribution in [1.29, 1.82) is 0 Å². The molecule has 3 aromatic rings. The van der Waals surface area contributed by atoms with Crippen LogP contribution < -0.4 is 0 Å². The molecule has 0 spiro atoms. The Kier molecular flexibility index (Phi) is 3.41. The third-order valence-corrected chi connectivity index (χ3v) is 3.12. The molecule has 3 rings (SSSR count). The van der Waals surface area contributed by atoms with E-state index in [1.165, 1.54) is 4.57 Å². The first-order valence-electron chi connectivity index (χ1n) is 7.06. The molecule has 0 amide bonds. The standard InChI is InChI=1S/C17H17N3O2/c1-17(2,3)22-16(21)20-11-8-13-12(7-10-19-15(13)20)14-6-4-5-9-18-14/h4-11H,1-3H3. The van der Waals surface area contributed by atoms with Crippen LogP contribution in [-0.2, 0) is 4.74 Å². The summed E-state index contributed by atoms with van der Waals surface area (Å²) >= 11 is 0. The minimum atomic E-state index is -0.549. The van der Waals surface area contributed by atoms with Gasteiger partial charge in [-0.25, -0.2) is 14.3 Å². The van der Waals surface area contributed by atoms with Crippen LogP contribution in [0.4, 0.5) is 4.79 Å². The number of aromatic nitrogens is 3. The summed E-state index contributed by atoms with van der Waals surface area (Å²) < 4.78 is 6.83. The van der Waals surface area contributed by atoms with Crippen molar-refractivity contribution in [2.75, 3.05) is 0 Å². The van der Waals surface area contributed by atoms with Gasteiger partial charge in [0.25, 0.3) is 0 Å². The van der Waals surface area contributed by atoms with E-state index in [2.05, 4.69) is 9.97 Å². The summed E-state index contributed by atoms with van der Waals surface area (Å²) in [6.07, 6.45) is 4.66. The molecule has 0 fully saturated rings. The lowest BCUT2D eigenvalue weighted by Crippen LogP contribution is -2.26. The van der Waals surface area contributed by atoms with E-state index >= 15 is 0 Å². The first kappa shape index (κ1) is 14.3. The van der Waals surface area contributed by atoms with Crippen molar-refractivity contribution in [1.82, 2.24) is 14.5 Å². The highest BCUT2D eigenvalue weighted by atomic mass is 16.6. The van der Waals surface area contributed by atoms with E-state index < -0.39 is 11.7 Å². The van der Waals surface area contributed by atoms with Gasteiger partial charge in [0, 0.05) is 29.5 Å². The van der Waals surface area contributed by atoms with Gasteiger partial charge in [-0.3, -0.25) is 4.98 Å². The van der Waals surface area contributed by atoms with Crippen molar-refractivity contribution in [3.05, 3.63) is 48.9 Å². The van der Waals surface area contributed by atoms with Crippen molar-refractivity contribution < 1.29 is 9.53 Å². The first-order chi connectivity index (χ1) is 10.5. The van der Waals surface area contributed by atoms with Gasteiger partial charge in [0.1, 0.15) is 11.2 Å². The molecule has 0 saturated carbocycles. The van der Waals surface area contributed by atoms with Gasteiger partial charge in [-0.2, -0.15) is 0 Å². The normalized spacial score (nSPS) is 11.6. The Labute approximate surface area is 128 Å². The van der Waals surface area contributed by atoms with Gasteiger partial charge in [0.15, 0.2) is 0 Å². The second-order valence-electron chi connectivity index (χ2n) is 5.98. The van der Waals surface area contributed by atoms with Crippen LogP contribution in [0, 0.1) is 0 Å². The van der Waals surface area contributed by atoms with E-state index in [9.17, 15) is 4.79 Å². The molecule has 0 aliphatic rings. The third kappa shape index (κ3) is 2.70. The number of ether oxygens (including phenoxy) is 1. The fourth-order valence-corrected chi connectivity index (χ4v) is 2.24. The molecule has 0 aliphatic heterocycles. The molecular weight excluding hydrogens is 278 g/mol. The fourth-order valence-electron chi connectivity index (χ4n) is 2.24. The number of rotatable bonds is 1. The molecule has 0 N–H and O–H groups in total. The highest BCUT2D eigenvalue weighted by Gasteiger charge is 2.20. The Morgan fingerprint density at radius 2 is 1.91 bits per heavy atom. The summed E-state index contributed by atoms with van der Waals surface area (Å²) in [4.78, 5) is 20.9. The summed E-state index contributed by atoms with van der Waals surface area (Å²) in [5.41, 5.74) is 1.80. The van der Waals surface area contributed by atoms with Gasteiger partial charge >= 0.3 is 6.09 Å². The molecular formula is C17H17N3O2. The molecule has 0 aliphatic carbocycles. The Morgan fingerprint density at radius 3 is 2.59 bits per heavy atom. The van der Waals surface area contributed by atoms with E-state index in [0.717, 1.165) is 16.6 Å². The van der Waals surface area contributed by atoms with E-state index in [1.807, 2.05) is 51.1 Å². The highest BCUT2D eigenvalue weighted by Crippen LogP contribution is 2.27. The molecule has 5 nitrogen and oxygen atoms in total. The zero-order chi connectivity index (χ0) is 15.7. The van der Waals surface area contributed by atoms with Crippen LogP contribution in [0.3, 0.4) is 0 Å². The first-order valence-corrected chi connectivity index (χ1v) is 7.06. The largest absolute Gasteiger partial charge is 0.443 e. The van der Waals surface area contributed by atoms with E-state index in [1.54, 1.807) is 18.6 Å². The zero-order valence-corrected chi connectivity index (χ0v) is 12.8. The zero-order valence-electron chi connectivity index (χ0n) is 12.8. The quantitative estimate of drug-likeness (QED) is 0.683. The number of carbonyl (C=O) groups excluding carboxylic acids is 1. The van der Waals surface area contributed by atoms with Gasteiger partial charge in [-0.1, -0.05) is 6.07 Å². The van der Waals surface area contributed by atoms with Crippen molar-refractivity contribution >= 4 is 17.1 Å². The predicted molar refractivity (Wildman–Crippen MR) is 84.6 cm³/mol. The lowest BCUT2D eigenvalue weighted by Gasteiger charge is -2.19. The lowest BCUT2D eigenvalue weighted by atomic mass is 10.1. The number of nitrogens with zero attached hydrogens (tertiary/aromatic N) is 3. The molecule has 0 bridgehead atoms. The maximum atomic E-state index is 12.3. The van der Waals surface area contributed by atoms with Gasteiger partial charge < -0.3 is 4.74 Å². The van der Waals surface area contributed by atoms with Crippen LogP contribution in [0.5, 0.6) is 0 Å². The Bertz CT molecular complexity index is 817. The Morgan fingerprint density at radius 1 is 1.09 bits per heavy atom. The summed E-state index contributed by atoms with van der Waals surface area (Å²) in [6, 6.07) is 9.48. The number of hydrogen-bond donors (Lipinski definition) is 0. The molecule has 5 heteroatoms. The van der Waals surface area contributed by atoms with Gasteiger partial charge in [0.05, 0.1) is 5.69 Å².